The molecule has 1 heterocycles. The number of aliphatic hydroxyl groups excluding tert-OH is 1. The minimum atomic E-state index is -0.613. The van der Waals surface area contributed by atoms with Crippen molar-refractivity contribution in [3.63, 3.8) is 0 Å². The number of benzene rings is 3. The van der Waals surface area contributed by atoms with Gasteiger partial charge in [0.15, 0.2) is 5.76 Å². The van der Waals surface area contributed by atoms with Crippen LogP contribution >= 0.6 is 0 Å². The number of aliphatic hydroxyl groups is 1. The van der Waals surface area contributed by atoms with Crippen molar-refractivity contribution in [3.05, 3.63) is 107 Å². The van der Waals surface area contributed by atoms with E-state index >= 15 is 0 Å². The fourth-order valence-corrected chi connectivity index (χ4v) is 5.49. The first-order valence-corrected chi connectivity index (χ1v) is 12.9. The first-order chi connectivity index (χ1) is 18.1. The van der Waals surface area contributed by atoms with Crippen LogP contribution in [0, 0.1) is 11.7 Å². The quantitative estimate of drug-likeness (QED) is 0.320. The molecule has 0 unspecified atom stereocenters. The number of amides is 1. The number of hydrogen-bond acceptors (Lipinski definition) is 4. The Balaban J connectivity index is 1.49. The van der Waals surface area contributed by atoms with E-state index in [2.05, 4.69) is 47.8 Å². The first-order valence-electron chi connectivity index (χ1n) is 12.9. The zero-order chi connectivity index (χ0) is 25.8. The molecule has 1 aliphatic carbocycles. The summed E-state index contributed by atoms with van der Waals surface area (Å²) in [5.74, 6) is -0.611. The summed E-state index contributed by atoms with van der Waals surface area (Å²) >= 11 is 0. The standard InChI is InChI=1S/C31H32FNO4/c1-2-36-31-26(11-6-16-34)28(18-29(37-31)30(35)33-19-20-12-14-22(32)15-13-20)25-10-5-9-24-23-8-4-3-7-21(23)17-27(24)25/h3-5,7-10,12-15,18,26,28,31,34H,2,6,11,16-17,19H2,1H3,(H,33,35)/t26-,28-,31-/m1/s1. The Hall–Kier alpha value is -3.48. The molecule has 37 heavy (non-hydrogen) atoms. The van der Waals surface area contributed by atoms with Crippen LogP contribution in [0.5, 0.6) is 0 Å². The predicted molar refractivity (Wildman–Crippen MR) is 140 cm³/mol. The van der Waals surface area contributed by atoms with Gasteiger partial charge in [0.05, 0.1) is 0 Å². The normalized spacial score (nSPS) is 20.0. The number of carbonyl (C=O) groups excluding carboxylic acids is 1. The summed E-state index contributed by atoms with van der Waals surface area (Å²) in [7, 11) is 0. The Bertz CT molecular complexity index is 1290. The van der Waals surface area contributed by atoms with Gasteiger partial charge < -0.3 is 19.9 Å². The maximum Gasteiger partial charge on any atom is 0.286 e. The smallest absolute Gasteiger partial charge is 0.286 e. The van der Waals surface area contributed by atoms with E-state index in [1.807, 2.05) is 13.0 Å². The molecule has 3 aromatic carbocycles. The molecular weight excluding hydrogens is 469 g/mol. The number of rotatable bonds is 9. The third-order valence-electron chi connectivity index (χ3n) is 7.25. The lowest BCUT2D eigenvalue weighted by Crippen LogP contribution is -2.39. The molecule has 0 fully saturated rings. The first kappa shape index (κ1) is 25.2. The molecule has 2 aliphatic rings. The summed E-state index contributed by atoms with van der Waals surface area (Å²) in [6.07, 6.45) is 3.45. The number of allylic oxidation sites excluding steroid dienone is 1. The number of carbonyl (C=O) groups is 1. The third kappa shape index (κ3) is 5.31. The van der Waals surface area contributed by atoms with E-state index in [-0.39, 0.29) is 42.5 Å². The van der Waals surface area contributed by atoms with Crippen molar-refractivity contribution in [2.24, 2.45) is 5.92 Å². The van der Waals surface area contributed by atoms with Gasteiger partial charge in [0.25, 0.3) is 5.91 Å². The van der Waals surface area contributed by atoms with Gasteiger partial charge in [-0.3, -0.25) is 4.79 Å². The van der Waals surface area contributed by atoms with Gasteiger partial charge in [-0.1, -0.05) is 54.6 Å². The Kier molecular flexibility index (Phi) is 7.68. The van der Waals surface area contributed by atoms with Crippen LogP contribution in [0.1, 0.15) is 47.9 Å². The van der Waals surface area contributed by atoms with Gasteiger partial charge in [-0.05, 0) is 77.8 Å². The summed E-state index contributed by atoms with van der Waals surface area (Å²) < 4.78 is 25.4. The molecule has 3 aromatic rings. The van der Waals surface area contributed by atoms with Gasteiger partial charge in [0.2, 0.25) is 6.29 Å². The number of fused-ring (bicyclic) bond motifs is 3. The van der Waals surface area contributed by atoms with Crippen molar-refractivity contribution in [1.82, 2.24) is 5.32 Å². The van der Waals surface area contributed by atoms with E-state index in [1.165, 1.54) is 34.4 Å². The van der Waals surface area contributed by atoms with Crippen LogP contribution in [0.2, 0.25) is 0 Å². The Labute approximate surface area is 216 Å². The maximum atomic E-state index is 13.3. The van der Waals surface area contributed by atoms with Crippen molar-refractivity contribution in [1.29, 1.82) is 0 Å². The Morgan fingerprint density at radius 2 is 1.86 bits per heavy atom. The second kappa shape index (κ2) is 11.3. The maximum absolute atomic E-state index is 13.3. The average Bonchev–Trinajstić information content (AvgIpc) is 3.30. The van der Waals surface area contributed by atoms with Gasteiger partial charge in [-0.25, -0.2) is 4.39 Å². The lowest BCUT2D eigenvalue weighted by atomic mass is 9.78. The van der Waals surface area contributed by atoms with Gasteiger partial charge in [0, 0.05) is 31.6 Å². The number of nitrogens with one attached hydrogen (secondary N) is 1. The molecule has 0 spiro atoms. The van der Waals surface area contributed by atoms with E-state index in [9.17, 15) is 14.3 Å². The zero-order valence-corrected chi connectivity index (χ0v) is 21.0. The Morgan fingerprint density at radius 3 is 2.65 bits per heavy atom. The molecule has 5 nitrogen and oxygen atoms in total. The van der Waals surface area contributed by atoms with Crippen molar-refractivity contribution in [2.45, 2.75) is 44.9 Å². The number of halogens is 1. The predicted octanol–water partition coefficient (Wildman–Crippen LogP) is 5.46. The molecule has 0 aromatic heterocycles. The van der Waals surface area contributed by atoms with Crippen LogP contribution in [0.15, 0.2) is 78.6 Å². The molecule has 2 N–H and O–H groups in total. The van der Waals surface area contributed by atoms with Crippen LogP contribution < -0.4 is 5.32 Å². The van der Waals surface area contributed by atoms with Crippen molar-refractivity contribution < 1.29 is 23.8 Å². The number of ether oxygens (including phenoxy) is 2. The SMILES string of the molecule is CCO[C@@H]1OC(C(=O)NCc2ccc(F)cc2)=C[C@H](c2cccc3c2Cc2ccccc2-3)[C@H]1CCCO. The molecular formula is C31H32FNO4. The van der Waals surface area contributed by atoms with E-state index in [4.69, 9.17) is 9.47 Å². The molecule has 0 saturated heterocycles. The van der Waals surface area contributed by atoms with Crippen LogP contribution in [0.4, 0.5) is 4.39 Å². The highest BCUT2D eigenvalue weighted by molar-refractivity contribution is 5.91. The van der Waals surface area contributed by atoms with E-state index in [0.717, 1.165) is 17.5 Å². The summed E-state index contributed by atoms with van der Waals surface area (Å²) in [6.45, 7) is 2.68. The molecule has 0 radical (unpaired) electrons. The molecule has 0 saturated carbocycles. The van der Waals surface area contributed by atoms with Crippen molar-refractivity contribution in [2.75, 3.05) is 13.2 Å². The molecule has 0 bridgehead atoms. The average molecular weight is 502 g/mol. The van der Waals surface area contributed by atoms with Crippen molar-refractivity contribution >= 4 is 5.91 Å². The minimum absolute atomic E-state index is 0.0593. The van der Waals surface area contributed by atoms with E-state index < -0.39 is 6.29 Å². The van der Waals surface area contributed by atoms with Gasteiger partial charge in [0.1, 0.15) is 5.82 Å². The van der Waals surface area contributed by atoms with E-state index in [1.54, 1.807) is 12.1 Å². The molecule has 1 aliphatic heterocycles. The van der Waals surface area contributed by atoms with Crippen LogP contribution in [0.25, 0.3) is 11.1 Å². The molecule has 6 heteroatoms. The highest BCUT2D eigenvalue weighted by Gasteiger charge is 2.39. The van der Waals surface area contributed by atoms with Crippen LogP contribution in [-0.2, 0) is 27.2 Å². The lowest BCUT2D eigenvalue weighted by Gasteiger charge is -2.37. The third-order valence-corrected chi connectivity index (χ3v) is 7.25. The summed E-state index contributed by atoms with van der Waals surface area (Å²) in [4.78, 5) is 13.2. The van der Waals surface area contributed by atoms with Gasteiger partial charge >= 0.3 is 0 Å². The van der Waals surface area contributed by atoms with Gasteiger partial charge in [-0.2, -0.15) is 0 Å². The molecule has 5 rings (SSSR count). The Morgan fingerprint density at radius 1 is 1.08 bits per heavy atom. The van der Waals surface area contributed by atoms with Crippen LogP contribution in [0.3, 0.4) is 0 Å². The monoisotopic (exact) mass is 501 g/mol. The second-order valence-corrected chi connectivity index (χ2v) is 9.54. The second-order valence-electron chi connectivity index (χ2n) is 9.54. The fraction of sp³-hybridized carbons (Fsp3) is 0.323. The lowest BCUT2D eigenvalue weighted by molar-refractivity contribution is -0.166. The largest absolute Gasteiger partial charge is 0.459 e. The number of hydrogen-bond donors (Lipinski definition) is 2. The highest BCUT2D eigenvalue weighted by atomic mass is 19.1. The fourth-order valence-electron chi connectivity index (χ4n) is 5.49. The van der Waals surface area contributed by atoms with Gasteiger partial charge in [-0.15, -0.1) is 0 Å². The molecule has 192 valence electrons. The molecule has 1 amide bonds. The van der Waals surface area contributed by atoms with Crippen molar-refractivity contribution in [3.8, 4) is 11.1 Å². The summed E-state index contributed by atoms with van der Waals surface area (Å²) in [6, 6.07) is 20.9. The van der Waals surface area contributed by atoms with E-state index in [0.29, 0.717) is 19.4 Å². The highest BCUT2D eigenvalue weighted by Crippen LogP contribution is 2.45. The topological polar surface area (TPSA) is 67.8 Å². The molecule has 3 atom stereocenters. The summed E-state index contributed by atoms with van der Waals surface area (Å²) in [5.41, 5.74) is 7.00. The summed E-state index contributed by atoms with van der Waals surface area (Å²) in [5, 5.41) is 12.5. The minimum Gasteiger partial charge on any atom is -0.459 e. The zero-order valence-electron chi connectivity index (χ0n) is 21.0. The van der Waals surface area contributed by atoms with Crippen LogP contribution in [-0.4, -0.2) is 30.5 Å².